The lowest BCUT2D eigenvalue weighted by Gasteiger charge is -2.45. The SMILES string of the molecule is C[C@H]1OC(=O)[C@@H]2C[C@@H]3CCCCC3[C@H](/C=C/c3ccc(C4CC=CC=C4Cl)[nH]3)[C@H]12. The predicted molar refractivity (Wildman–Crippen MR) is 116 cm³/mol. The van der Waals surface area contributed by atoms with Gasteiger partial charge in [0.1, 0.15) is 6.10 Å². The summed E-state index contributed by atoms with van der Waals surface area (Å²) < 4.78 is 5.68. The molecule has 3 nitrogen and oxygen atoms in total. The Balaban J connectivity index is 1.39. The molecule has 2 saturated carbocycles. The van der Waals surface area contributed by atoms with E-state index in [1.807, 2.05) is 12.2 Å². The fourth-order valence-electron chi connectivity index (χ4n) is 6.41. The maximum Gasteiger partial charge on any atom is 0.309 e. The fourth-order valence-corrected chi connectivity index (χ4v) is 6.69. The van der Waals surface area contributed by atoms with Crippen molar-refractivity contribution in [1.82, 2.24) is 4.98 Å². The van der Waals surface area contributed by atoms with Crippen molar-refractivity contribution in [2.75, 3.05) is 0 Å². The molecule has 0 aromatic carbocycles. The van der Waals surface area contributed by atoms with E-state index < -0.39 is 0 Å². The number of ether oxygens (including phenoxy) is 1. The van der Waals surface area contributed by atoms with Crippen molar-refractivity contribution in [3.8, 4) is 0 Å². The Morgan fingerprint density at radius 2 is 2.10 bits per heavy atom. The standard InChI is InChI=1S/C25H30ClNO2/c1-15-24-19(18-7-3-2-6-16(18)14-21(24)25(28)29-15)12-10-17-11-13-23(27-17)20-8-4-5-9-22(20)26/h4-5,9-13,15-16,18-21,24,27H,2-3,6-8,14H2,1H3/b12-10+/t15-,16+,18?,19+,20?,21-,24+/m1/s1. The van der Waals surface area contributed by atoms with E-state index in [2.05, 4.69) is 42.3 Å². The maximum atomic E-state index is 12.4. The zero-order valence-corrected chi connectivity index (χ0v) is 17.8. The molecule has 3 fully saturated rings. The van der Waals surface area contributed by atoms with Crippen LogP contribution in [0, 0.1) is 29.6 Å². The first-order valence-electron chi connectivity index (χ1n) is 11.2. The molecule has 0 amide bonds. The van der Waals surface area contributed by atoms with Gasteiger partial charge in [-0.25, -0.2) is 0 Å². The molecule has 0 radical (unpaired) electrons. The fraction of sp³-hybridized carbons (Fsp3) is 0.560. The number of rotatable bonds is 3. The van der Waals surface area contributed by atoms with Crippen LogP contribution in [-0.2, 0) is 9.53 Å². The molecule has 1 aliphatic heterocycles. The van der Waals surface area contributed by atoms with Gasteiger partial charge in [-0.3, -0.25) is 4.79 Å². The summed E-state index contributed by atoms with van der Waals surface area (Å²) in [6.45, 7) is 2.09. The van der Waals surface area contributed by atoms with Crippen molar-refractivity contribution in [3.63, 3.8) is 0 Å². The van der Waals surface area contributed by atoms with Gasteiger partial charge >= 0.3 is 5.97 Å². The molecule has 29 heavy (non-hydrogen) atoms. The van der Waals surface area contributed by atoms with Crippen LogP contribution in [0.1, 0.15) is 62.8 Å². The number of carbonyl (C=O) groups is 1. The van der Waals surface area contributed by atoms with E-state index in [9.17, 15) is 4.79 Å². The minimum absolute atomic E-state index is 0.0298. The molecule has 2 heterocycles. The van der Waals surface area contributed by atoms with Crippen LogP contribution in [0.25, 0.3) is 6.08 Å². The highest BCUT2D eigenvalue weighted by atomic mass is 35.5. The molecule has 2 unspecified atom stereocenters. The number of halogens is 1. The van der Waals surface area contributed by atoms with Gasteiger partial charge in [0.25, 0.3) is 0 Å². The summed E-state index contributed by atoms with van der Waals surface area (Å²) >= 11 is 6.42. The highest BCUT2D eigenvalue weighted by Gasteiger charge is 2.53. The first kappa shape index (κ1) is 19.2. The summed E-state index contributed by atoms with van der Waals surface area (Å²) in [4.78, 5) is 16.0. The van der Waals surface area contributed by atoms with Crippen molar-refractivity contribution < 1.29 is 9.53 Å². The van der Waals surface area contributed by atoms with Gasteiger partial charge in [0.05, 0.1) is 5.92 Å². The molecule has 0 bridgehead atoms. The summed E-state index contributed by atoms with van der Waals surface area (Å²) in [5, 5.41) is 0.889. The van der Waals surface area contributed by atoms with E-state index in [1.54, 1.807) is 0 Å². The first-order chi connectivity index (χ1) is 14.1. The van der Waals surface area contributed by atoms with E-state index in [-0.39, 0.29) is 23.9 Å². The van der Waals surface area contributed by atoms with Gasteiger partial charge in [0.15, 0.2) is 0 Å². The van der Waals surface area contributed by atoms with Gasteiger partial charge in [0, 0.05) is 28.3 Å². The summed E-state index contributed by atoms with van der Waals surface area (Å²) in [5.41, 5.74) is 2.28. The number of hydrogen-bond acceptors (Lipinski definition) is 2. The molecule has 7 atom stereocenters. The minimum atomic E-state index is 0.0298. The Morgan fingerprint density at radius 1 is 1.24 bits per heavy atom. The van der Waals surface area contributed by atoms with Crippen molar-refractivity contribution >= 4 is 23.6 Å². The topological polar surface area (TPSA) is 42.1 Å². The summed E-state index contributed by atoms with van der Waals surface area (Å²) in [7, 11) is 0. The summed E-state index contributed by atoms with van der Waals surface area (Å²) in [6, 6.07) is 4.30. The molecule has 4 aliphatic rings. The number of allylic oxidation sites excluding steroid dienone is 5. The Bertz CT molecular complexity index is 866. The van der Waals surface area contributed by atoms with Crippen LogP contribution in [0.15, 0.2) is 41.5 Å². The van der Waals surface area contributed by atoms with Crippen molar-refractivity contribution in [2.45, 2.75) is 57.5 Å². The first-order valence-corrected chi connectivity index (χ1v) is 11.6. The quantitative estimate of drug-likeness (QED) is 0.601. The zero-order valence-electron chi connectivity index (χ0n) is 17.0. The second-order valence-corrected chi connectivity index (χ2v) is 9.78. The van der Waals surface area contributed by atoms with Crippen LogP contribution in [0.2, 0.25) is 0 Å². The van der Waals surface area contributed by atoms with Gasteiger partial charge in [-0.1, -0.05) is 49.1 Å². The van der Waals surface area contributed by atoms with Crippen molar-refractivity contribution in [1.29, 1.82) is 0 Å². The number of hydrogen-bond donors (Lipinski definition) is 1. The minimum Gasteiger partial charge on any atom is -0.462 e. The predicted octanol–water partition coefficient (Wildman–Crippen LogP) is 6.20. The zero-order chi connectivity index (χ0) is 20.0. The second kappa shape index (κ2) is 7.83. The molecule has 1 saturated heterocycles. The van der Waals surface area contributed by atoms with Gasteiger partial charge in [0.2, 0.25) is 0 Å². The van der Waals surface area contributed by atoms with E-state index in [0.29, 0.717) is 23.7 Å². The number of H-pyrrole nitrogens is 1. The van der Waals surface area contributed by atoms with Gasteiger partial charge in [-0.05, 0) is 68.2 Å². The molecule has 154 valence electrons. The third kappa shape index (κ3) is 3.52. The molecule has 3 aliphatic carbocycles. The Hall–Kier alpha value is -1.74. The van der Waals surface area contributed by atoms with Crippen LogP contribution >= 0.6 is 11.6 Å². The number of fused-ring (bicyclic) bond motifs is 2. The smallest absolute Gasteiger partial charge is 0.309 e. The average molecular weight is 412 g/mol. The molecule has 1 aromatic rings. The lowest BCUT2D eigenvalue weighted by molar-refractivity contribution is -0.144. The van der Waals surface area contributed by atoms with Gasteiger partial charge in [-0.15, -0.1) is 0 Å². The van der Waals surface area contributed by atoms with Crippen molar-refractivity contribution in [2.24, 2.45) is 29.6 Å². The molecule has 5 rings (SSSR count). The van der Waals surface area contributed by atoms with Crippen LogP contribution in [0.5, 0.6) is 0 Å². The van der Waals surface area contributed by atoms with Crippen LogP contribution in [-0.4, -0.2) is 17.1 Å². The Kier molecular flexibility index (Phi) is 5.19. The average Bonchev–Trinajstić information content (AvgIpc) is 3.30. The van der Waals surface area contributed by atoms with Gasteiger partial charge < -0.3 is 9.72 Å². The summed E-state index contributed by atoms with van der Waals surface area (Å²) in [6.07, 6.45) is 18.0. The molecule has 1 N–H and O–H groups in total. The molecular formula is C25H30ClNO2. The Morgan fingerprint density at radius 3 is 2.97 bits per heavy atom. The van der Waals surface area contributed by atoms with E-state index in [1.165, 1.54) is 31.4 Å². The highest BCUT2D eigenvalue weighted by molar-refractivity contribution is 6.30. The normalized spacial score (nSPS) is 39.2. The molecular weight excluding hydrogens is 382 g/mol. The van der Waals surface area contributed by atoms with E-state index >= 15 is 0 Å². The molecule has 1 aromatic heterocycles. The van der Waals surface area contributed by atoms with Crippen LogP contribution < -0.4 is 0 Å². The lowest BCUT2D eigenvalue weighted by atomic mass is 9.57. The largest absolute Gasteiger partial charge is 0.462 e. The molecule has 0 spiro atoms. The second-order valence-electron chi connectivity index (χ2n) is 9.34. The monoisotopic (exact) mass is 411 g/mol. The van der Waals surface area contributed by atoms with Gasteiger partial charge in [-0.2, -0.15) is 0 Å². The van der Waals surface area contributed by atoms with Crippen LogP contribution in [0.4, 0.5) is 0 Å². The van der Waals surface area contributed by atoms with Crippen LogP contribution in [0.3, 0.4) is 0 Å². The van der Waals surface area contributed by atoms with Crippen molar-refractivity contribution in [3.05, 3.63) is 52.9 Å². The number of esters is 1. The Labute approximate surface area is 178 Å². The highest BCUT2D eigenvalue weighted by Crippen LogP contribution is 2.53. The number of nitrogens with one attached hydrogen (secondary N) is 1. The van der Waals surface area contributed by atoms with E-state index in [0.717, 1.165) is 23.6 Å². The number of aromatic nitrogens is 1. The van der Waals surface area contributed by atoms with E-state index in [4.69, 9.17) is 16.3 Å². The third-order valence-corrected chi connectivity index (χ3v) is 8.16. The molecule has 4 heteroatoms. The number of aromatic amines is 1. The maximum absolute atomic E-state index is 12.4. The summed E-state index contributed by atoms with van der Waals surface area (Å²) in [5.74, 6) is 2.48. The third-order valence-electron chi connectivity index (χ3n) is 7.78. The number of cyclic esters (lactones) is 1. The lowest BCUT2D eigenvalue weighted by Crippen LogP contribution is -2.42. The number of carbonyl (C=O) groups excluding carboxylic acids is 1.